The van der Waals surface area contributed by atoms with Gasteiger partial charge in [-0.05, 0) is 24.3 Å². The van der Waals surface area contributed by atoms with E-state index in [9.17, 15) is 9.90 Å². The molecule has 20 heavy (non-hydrogen) atoms. The number of H-pyrrole nitrogens is 1. The van der Waals surface area contributed by atoms with Crippen molar-refractivity contribution >= 4 is 22.9 Å². The second-order valence-electron chi connectivity index (χ2n) is 4.21. The molecule has 0 bridgehead atoms. The van der Waals surface area contributed by atoms with Crippen LogP contribution in [0.15, 0.2) is 53.5 Å². The van der Waals surface area contributed by atoms with E-state index >= 15 is 0 Å². The van der Waals surface area contributed by atoms with Crippen molar-refractivity contribution in [2.24, 2.45) is 0 Å². The van der Waals surface area contributed by atoms with Crippen LogP contribution in [0.25, 0.3) is 22.9 Å². The lowest BCUT2D eigenvalue weighted by molar-refractivity contribution is 0.512. The van der Waals surface area contributed by atoms with Crippen LogP contribution in [0.1, 0.15) is 11.4 Å². The topological polar surface area (TPSA) is 78.9 Å². The SMILES string of the molecule is O=c1[nH]c2ccccc2nc1/C=C(\O)c1ccccn1. The van der Waals surface area contributed by atoms with E-state index in [0.717, 1.165) is 0 Å². The molecule has 3 aromatic rings. The maximum atomic E-state index is 11.9. The number of nitrogens with one attached hydrogen (secondary N) is 1. The van der Waals surface area contributed by atoms with Crippen molar-refractivity contribution in [2.75, 3.05) is 0 Å². The molecule has 0 radical (unpaired) electrons. The van der Waals surface area contributed by atoms with Crippen LogP contribution in [0.2, 0.25) is 0 Å². The second kappa shape index (κ2) is 4.97. The van der Waals surface area contributed by atoms with Crippen molar-refractivity contribution in [1.29, 1.82) is 0 Å². The van der Waals surface area contributed by atoms with Gasteiger partial charge in [-0.1, -0.05) is 18.2 Å². The summed E-state index contributed by atoms with van der Waals surface area (Å²) in [4.78, 5) is 22.9. The summed E-state index contributed by atoms with van der Waals surface area (Å²) in [7, 11) is 0. The van der Waals surface area contributed by atoms with Gasteiger partial charge in [0.25, 0.3) is 5.56 Å². The highest BCUT2D eigenvalue weighted by Crippen LogP contribution is 2.12. The van der Waals surface area contributed by atoms with Gasteiger partial charge in [0.15, 0.2) is 0 Å². The van der Waals surface area contributed by atoms with E-state index in [2.05, 4.69) is 15.0 Å². The summed E-state index contributed by atoms with van der Waals surface area (Å²) in [5.74, 6) is -0.0983. The van der Waals surface area contributed by atoms with Crippen LogP contribution in [0.3, 0.4) is 0 Å². The zero-order chi connectivity index (χ0) is 13.9. The molecule has 2 heterocycles. The van der Waals surface area contributed by atoms with E-state index in [4.69, 9.17) is 0 Å². The minimum atomic E-state index is -0.355. The van der Waals surface area contributed by atoms with Gasteiger partial charge in [-0.15, -0.1) is 0 Å². The smallest absolute Gasteiger partial charge is 0.274 e. The highest BCUT2D eigenvalue weighted by atomic mass is 16.3. The van der Waals surface area contributed by atoms with Crippen LogP contribution >= 0.6 is 0 Å². The average Bonchev–Trinajstić information content (AvgIpc) is 2.49. The van der Waals surface area contributed by atoms with Crippen LogP contribution in [0.5, 0.6) is 0 Å². The molecule has 2 N–H and O–H groups in total. The summed E-state index contributed by atoms with van der Waals surface area (Å²) in [6.07, 6.45) is 2.88. The Balaban J connectivity index is 2.11. The van der Waals surface area contributed by atoms with Crippen LogP contribution in [0, 0.1) is 0 Å². The molecule has 0 amide bonds. The van der Waals surface area contributed by atoms with Gasteiger partial charge >= 0.3 is 0 Å². The van der Waals surface area contributed by atoms with E-state index in [0.29, 0.717) is 16.7 Å². The number of hydrogen-bond acceptors (Lipinski definition) is 4. The predicted molar refractivity (Wildman–Crippen MR) is 77.1 cm³/mol. The van der Waals surface area contributed by atoms with Crippen molar-refractivity contribution in [3.8, 4) is 0 Å². The maximum absolute atomic E-state index is 11.9. The first-order valence-electron chi connectivity index (χ1n) is 6.05. The van der Waals surface area contributed by atoms with Gasteiger partial charge in [-0.25, -0.2) is 4.98 Å². The monoisotopic (exact) mass is 265 g/mol. The molecule has 5 heteroatoms. The molecule has 0 aliphatic heterocycles. The molecule has 0 saturated carbocycles. The standard InChI is InChI=1S/C15H11N3O2/c19-14(12-7-3-4-8-16-12)9-13-15(20)18-11-6-2-1-5-10(11)17-13/h1-9,19H,(H,18,20)/b14-9-. The van der Waals surface area contributed by atoms with Crippen molar-refractivity contribution < 1.29 is 5.11 Å². The molecule has 3 rings (SSSR count). The molecule has 5 nitrogen and oxygen atoms in total. The number of aromatic amines is 1. The maximum Gasteiger partial charge on any atom is 0.274 e. The van der Waals surface area contributed by atoms with Crippen LogP contribution in [0.4, 0.5) is 0 Å². The molecular formula is C15H11N3O2. The van der Waals surface area contributed by atoms with Gasteiger partial charge in [0.1, 0.15) is 17.1 Å². The third-order valence-corrected chi connectivity index (χ3v) is 2.83. The van der Waals surface area contributed by atoms with Gasteiger partial charge in [-0.3, -0.25) is 9.78 Å². The number of rotatable bonds is 2. The van der Waals surface area contributed by atoms with Crippen molar-refractivity contribution in [1.82, 2.24) is 15.0 Å². The summed E-state index contributed by atoms with van der Waals surface area (Å²) in [6.45, 7) is 0. The summed E-state index contributed by atoms with van der Waals surface area (Å²) in [5.41, 5.74) is 1.50. The Morgan fingerprint density at radius 1 is 1.15 bits per heavy atom. The summed E-state index contributed by atoms with van der Waals surface area (Å²) < 4.78 is 0. The first kappa shape index (κ1) is 12.1. The number of aromatic nitrogens is 3. The normalized spacial score (nSPS) is 11.7. The number of aliphatic hydroxyl groups excluding tert-OH is 1. The number of nitrogens with zero attached hydrogens (tertiary/aromatic N) is 2. The van der Waals surface area contributed by atoms with Crippen molar-refractivity contribution in [3.05, 3.63) is 70.4 Å². The van der Waals surface area contributed by atoms with Crippen LogP contribution < -0.4 is 5.56 Å². The van der Waals surface area contributed by atoms with E-state index in [1.54, 1.807) is 36.5 Å². The lowest BCUT2D eigenvalue weighted by Crippen LogP contribution is -2.12. The Bertz CT molecular complexity index is 838. The molecule has 98 valence electrons. The zero-order valence-electron chi connectivity index (χ0n) is 10.4. The Kier molecular flexibility index (Phi) is 3.01. The highest BCUT2D eigenvalue weighted by Gasteiger charge is 2.05. The number of para-hydroxylation sites is 2. The van der Waals surface area contributed by atoms with Crippen molar-refractivity contribution in [2.45, 2.75) is 0 Å². The molecular weight excluding hydrogens is 254 g/mol. The Labute approximate surface area is 114 Å². The fourth-order valence-corrected chi connectivity index (χ4v) is 1.86. The quantitative estimate of drug-likeness (QED) is 0.697. The highest BCUT2D eigenvalue weighted by molar-refractivity contribution is 5.78. The van der Waals surface area contributed by atoms with Gasteiger partial charge in [0, 0.05) is 12.3 Å². The van der Waals surface area contributed by atoms with Gasteiger partial charge in [0.05, 0.1) is 11.0 Å². The molecule has 1 aromatic carbocycles. The molecule has 0 aliphatic rings. The molecule has 2 aromatic heterocycles. The summed E-state index contributed by atoms with van der Waals surface area (Å²) in [5, 5.41) is 9.98. The largest absolute Gasteiger partial charge is 0.506 e. The van der Waals surface area contributed by atoms with Crippen molar-refractivity contribution in [3.63, 3.8) is 0 Å². The van der Waals surface area contributed by atoms with E-state index in [-0.39, 0.29) is 17.0 Å². The van der Waals surface area contributed by atoms with E-state index in [1.807, 2.05) is 12.1 Å². The molecule has 0 spiro atoms. The first-order valence-corrected chi connectivity index (χ1v) is 6.05. The fourth-order valence-electron chi connectivity index (χ4n) is 1.86. The Morgan fingerprint density at radius 3 is 2.75 bits per heavy atom. The number of fused-ring (bicyclic) bond motifs is 1. The lowest BCUT2D eigenvalue weighted by Gasteiger charge is -2.00. The minimum Gasteiger partial charge on any atom is -0.506 e. The molecule has 0 saturated heterocycles. The zero-order valence-corrected chi connectivity index (χ0v) is 10.4. The second-order valence-corrected chi connectivity index (χ2v) is 4.21. The van der Waals surface area contributed by atoms with Crippen LogP contribution in [-0.2, 0) is 0 Å². The Hall–Kier alpha value is -2.95. The summed E-state index contributed by atoms with van der Waals surface area (Å²) >= 11 is 0. The van der Waals surface area contributed by atoms with Gasteiger partial charge in [0.2, 0.25) is 0 Å². The third-order valence-electron chi connectivity index (χ3n) is 2.83. The number of aliphatic hydroxyl groups is 1. The molecule has 0 fully saturated rings. The van der Waals surface area contributed by atoms with Gasteiger partial charge in [-0.2, -0.15) is 0 Å². The van der Waals surface area contributed by atoms with E-state index in [1.165, 1.54) is 6.08 Å². The number of pyridine rings is 1. The lowest BCUT2D eigenvalue weighted by atomic mass is 10.2. The number of hydrogen-bond donors (Lipinski definition) is 2. The van der Waals surface area contributed by atoms with Crippen LogP contribution in [-0.4, -0.2) is 20.1 Å². The fraction of sp³-hybridized carbons (Fsp3) is 0. The predicted octanol–water partition coefficient (Wildman–Crippen LogP) is 2.37. The summed E-state index contributed by atoms with van der Waals surface area (Å²) in [6, 6.07) is 12.4. The Morgan fingerprint density at radius 2 is 1.95 bits per heavy atom. The van der Waals surface area contributed by atoms with E-state index < -0.39 is 0 Å². The molecule has 0 aliphatic carbocycles. The third kappa shape index (κ3) is 2.29. The first-order chi connectivity index (χ1) is 9.74. The minimum absolute atomic E-state index is 0.0983. The molecule has 0 unspecified atom stereocenters. The average molecular weight is 265 g/mol. The van der Waals surface area contributed by atoms with Gasteiger partial charge < -0.3 is 10.1 Å². The molecule has 0 atom stereocenters. The number of benzene rings is 1.